The van der Waals surface area contributed by atoms with Crippen molar-refractivity contribution >= 4 is 11.9 Å². The van der Waals surface area contributed by atoms with Crippen molar-refractivity contribution in [3.8, 4) is 0 Å². The minimum atomic E-state index is -0.605. The average Bonchev–Trinajstić information content (AvgIpc) is 2.92. The van der Waals surface area contributed by atoms with Gasteiger partial charge >= 0.3 is 6.03 Å². The number of hydrogen-bond donors (Lipinski definition) is 1. The van der Waals surface area contributed by atoms with E-state index in [0.717, 1.165) is 19.3 Å². The molecule has 1 N–H and O–H groups in total. The number of rotatable bonds is 3. The van der Waals surface area contributed by atoms with Crippen molar-refractivity contribution in [2.75, 3.05) is 6.54 Å². The van der Waals surface area contributed by atoms with E-state index in [9.17, 15) is 9.59 Å². The standard InChI is InChI=1S/C10H16N2O2/c1-3-6-12-8(13)10(2,7-4-5-7)11-9(12)14/h7H,3-6H2,1-2H3,(H,11,14). The molecule has 4 heteroatoms. The lowest BCUT2D eigenvalue weighted by molar-refractivity contribution is -0.131. The van der Waals surface area contributed by atoms with Crippen molar-refractivity contribution in [1.82, 2.24) is 10.2 Å². The van der Waals surface area contributed by atoms with Crippen LogP contribution in [0.4, 0.5) is 4.79 Å². The third-order valence-electron chi connectivity index (χ3n) is 3.14. The molecule has 14 heavy (non-hydrogen) atoms. The van der Waals surface area contributed by atoms with Crippen LogP contribution in [0.2, 0.25) is 0 Å². The van der Waals surface area contributed by atoms with Crippen molar-refractivity contribution in [1.29, 1.82) is 0 Å². The largest absolute Gasteiger partial charge is 0.325 e. The van der Waals surface area contributed by atoms with Gasteiger partial charge in [0.2, 0.25) is 0 Å². The van der Waals surface area contributed by atoms with Gasteiger partial charge in [-0.3, -0.25) is 9.69 Å². The molecule has 2 fully saturated rings. The number of nitrogens with one attached hydrogen (secondary N) is 1. The highest BCUT2D eigenvalue weighted by molar-refractivity contribution is 6.07. The predicted molar refractivity (Wildman–Crippen MR) is 51.7 cm³/mol. The monoisotopic (exact) mass is 196 g/mol. The van der Waals surface area contributed by atoms with Crippen molar-refractivity contribution < 1.29 is 9.59 Å². The Kier molecular flexibility index (Phi) is 2.01. The highest BCUT2D eigenvalue weighted by Crippen LogP contribution is 2.42. The van der Waals surface area contributed by atoms with Crippen LogP contribution in [0.3, 0.4) is 0 Å². The van der Waals surface area contributed by atoms with E-state index >= 15 is 0 Å². The molecule has 0 radical (unpaired) electrons. The lowest BCUT2D eigenvalue weighted by atomic mass is 9.96. The SMILES string of the molecule is CCCN1C(=O)NC(C)(C2CC2)C1=O. The Morgan fingerprint density at radius 1 is 1.50 bits per heavy atom. The van der Waals surface area contributed by atoms with Gasteiger partial charge in [-0.15, -0.1) is 0 Å². The first-order chi connectivity index (χ1) is 6.59. The van der Waals surface area contributed by atoms with Crippen LogP contribution in [0.15, 0.2) is 0 Å². The summed E-state index contributed by atoms with van der Waals surface area (Å²) in [6.45, 7) is 4.35. The molecule has 1 aliphatic carbocycles. The summed E-state index contributed by atoms with van der Waals surface area (Å²) >= 11 is 0. The zero-order valence-electron chi connectivity index (χ0n) is 8.67. The van der Waals surface area contributed by atoms with Crippen LogP contribution in [0, 0.1) is 5.92 Å². The van der Waals surface area contributed by atoms with E-state index in [4.69, 9.17) is 0 Å². The Balaban J connectivity index is 2.17. The maximum atomic E-state index is 12.0. The molecule has 1 heterocycles. The summed E-state index contributed by atoms with van der Waals surface area (Å²) in [6, 6.07) is -0.216. The van der Waals surface area contributed by atoms with Crippen LogP contribution in [-0.2, 0) is 4.79 Å². The topological polar surface area (TPSA) is 49.4 Å². The Morgan fingerprint density at radius 2 is 2.14 bits per heavy atom. The van der Waals surface area contributed by atoms with E-state index in [-0.39, 0.29) is 11.9 Å². The highest BCUT2D eigenvalue weighted by Gasteiger charge is 2.55. The van der Waals surface area contributed by atoms with Gasteiger partial charge in [0, 0.05) is 6.54 Å². The first-order valence-corrected chi connectivity index (χ1v) is 5.23. The molecule has 1 atom stereocenters. The molecule has 0 aromatic rings. The van der Waals surface area contributed by atoms with Gasteiger partial charge in [-0.1, -0.05) is 6.92 Å². The molecule has 1 unspecified atom stereocenters. The van der Waals surface area contributed by atoms with Crippen molar-refractivity contribution in [3.05, 3.63) is 0 Å². The molecule has 3 amide bonds. The zero-order valence-corrected chi connectivity index (χ0v) is 8.67. The molecule has 1 saturated heterocycles. The number of amides is 3. The Morgan fingerprint density at radius 3 is 2.64 bits per heavy atom. The molecule has 0 aromatic carbocycles. The molecule has 78 valence electrons. The van der Waals surface area contributed by atoms with E-state index in [0.29, 0.717) is 12.5 Å². The second-order valence-corrected chi connectivity index (χ2v) is 4.36. The van der Waals surface area contributed by atoms with Crippen LogP contribution in [-0.4, -0.2) is 28.9 Å². The minimum Gasteiger partial charge on any atom is -0.323 e. The number of carbonyl (C=O) groups excluding carboxylic acids is 2. The van der Waals surface area contributed by atoms with Gasteiger partial charge in [-0.05, 0) is 32.1 Å². The lowest BCUT2D eigenvalue weighted by Gasteiger charge is -2.20. The average molecular weight is 196 g/mol. The van der Waals surface area contributed by atoms with Gasteiger partial charge in [-0.2, -0.15) is 0 Å². The fourth-order valence-electron chi connectivity index (χ4n) is 2.08. The number of imide groups is 1. The van der Waals surface area contributed by atoms with E-state index in [2.05, 4.69) is 5.32 Å². The first kappa shape index (κ1) is 9.49. The van der Waals surface area contributed by atoms with E-state index < -0.39 is 5.54 Å². The van der Waals surface area contributed by atoms with Gasteiger partial charge < -0.3 is 5.32 Å². The van der Waals surface area contributed by atoms with Crippen LogP contribution >= 0.6 is 0 Å². The lowest BCUT2D eigenvalue weighted by Crippen LogP contribution is -2.46. The summed E-state index contributed by atoms with van der Waals surface area (Å²) in [7, 11) is 0. The number of urea groups is 1. The highest BCUT2D eigenvalue weighted by atomic mass is 16.2. The minimum absolute atomic E-state index is 0.0353. The van der Waals surface area contributed by atoms with Crippen molar-refractivity contribution in [2.24, 2.45) is 5.92 Å². The van der Waals surface area contributed by atoms with E-state index in [1.54, 1.807) is 0 Å². The Bertz CT molecular complexity index is 286. The van der Waals surface area contributed by atoms with Crippen LogP contribution in [0.5, 0.6) is 0 Å². The second kappa shape index (κ2) is 2.97. The summed E-state index contributed by atoms with van der Waals surface area (Å²) in [6.07, 6.45) is 2.94. The van der Waals surface area contributed by atoms with Crippen molar-refractivity contribution in [3.63, 3.8) is 0 Å². The molecule has 0 bridgehead atoms. The third-order valence-corrected chi connectivity index (χ3v) is 3.14. The summed E-state index contributed by atoms with van der Waals surface area (Å²) < 4.78 is 0. The smallest absolute Gasteiger partial charge is 0.323 e. The zero-order chi connectivity index (χ0) is 10.3. The maximum Gasteiger partial charge on any atom is 0.325 e. The molecular formula is C10H16N2O2. The van der Waals surface area contributed by atoms with Gasteiger partial charge in [0.15, 0.2) is 0 Å². The number of hydrogen-bond acceptors (Lipinski definition) is 2. The molecule has 2 rings (SSSR count). The predicted octanol–water partition coefficient (Wildman–Crippen LogP) is 1.12. The molecule has 4 nitrogen and oxygen atoms in total. The molecule has 2 aliphatic rings. The summed E-state index contributed by atoms with van der Waals surface area (Å²) in [5.74, 6) is 0.327. The first-order valence-electron chi connectivity index (χ1n) is 5.23. The normalized spacial score (nSPS) is 32.3. The fourth-order valence-corrected chi connectivity index (χ4v) is 2.08. The summed E-state index contributed by atoms with van der Waals surface area (Å²) in [5.41, 5.74) is -0.605. The maximum absolute atomic E-state index is 12.0. The molecular weight excluding hydrogens is 180 g/mol. The second-order valence-electron chi connectivity index (χ2n) is 4.36. The summed E-state index contributed by atoms with van der Waals surface area (Å²) in [5, 5.41) is 2.81. The Labute approximate surface area is 83.6 Å². The van der Waals surface area contributed by atoms with Gasteiger partial charge in [0.25, 0.3) is 5.91 Å². The third kappa shape index (κ3) is 1.21. The van der Waals surface area contributed by atoms with Crippen LogP contribution in [0.1, 0.15) is 33.1 Å². The summed E-state index contributed by atoms with van der Waals surface area (Å²) in [4.78, 5) is 24.8. The van der Waals surface area contributed by atoms with E-state index in [1.165, 1.54) is 4.90 Å². The molecule has 0 spiro atoms. The quantitative estimate of drug-likeness (QED) is 0.687. The van der Waals surface area contributed by atoms with Gasteiger partial charge in [0.05, 0.1) is 0 Å². The van der Waals surface area contributed by atoms with Gasteiger partial charge in [0.1, 0.15) is 5.54 Å². The fraction of sp³-hybridized carbons (Fsp3) is 0.800. The number of nitrogens with zero attached hydrogens (tertiary/aromatic N) is 1. The van der Waals surface area contributed by atoms with Crippen molar-refractivity contribution in [2.45, 2.75) is 38.6 Å². The van der Waals surface area contributed by atoms with Gasteiger partial charge in [-0.25, -0.2) is 4.79 Å². The molecule has 1 aliphatic heterocycles. The van der Waals surface area contributed by atoms with Crippen LogP contribution in [0.25, 0.3) is 0 Å². The molecule has 1 saturated carbocycles. The molecule has 0 aromatic heterocycles. The Hall–Kier alpha value is -1.06. The number of carbonyl (C=O) groups is 2. The van der Waals surface area contributed by atoms with Crippen LogP contribution < -0.4 is 5.32 Å². The van der Waals surface area contributed by atoms with E-state index in [1.807, 2.05) is 13.8 Å².